The average molecular weight is 295 g/mol. The summed E-state index contributed by atoms with van der Waals surface area (Å²) in [7, 11) is 1.59. The average Bonchev–Trinajstić information content (AvgIpc) is 2.42. The van der Waals surface area contributed by atoms with Gasteiger partial charge < -0.3 is 5.32 Å². The molecule has 104 valence electrons. The molecule has 0 radical (unpaired) electrons. The lowest BCUT2D eigenvalue weighted by Crippen LogP contribution is -2.22. The second kappa shape index (κ2) is 5.70. The molecule has 0 bridgehead atoms. The zero-order valence-corrected chi connectivity index (χ0v) is 11.3. The van der Waals surface area contributed by atoms with E-state index in [1.54, 1.807) is 19.2 Å². The number of nitrogens with zero attached hydrogens (tertiary/aromatic N) is 3. The molecule has 0 fully saturated rings. The lowest BCUT2D eigenvalue weighted by Gasteiger charge is -2.11. The number of hydrogen-bond acceptors (Lipinski definition) is 5. The Balaban J connectivity index is 2.48. The van der Waals surface area contributed by atoms with Crippen molar-refractivity contribution in [3.8, 4) is 0 Å². The van der Waals surface area contributed by atoms with Crippen LogP contribution in [0, 0.1) is 10.1 Å². The lowest BCUT2D eigenvalue weighted by atomic mass is 10.1. The molecule has 0 atom stereocenters. The van der Waals surface area contributed by atoms with Gasteiger partial charge in [0.05, 0.1) is 22.7 Å². The van der Waals surface area contributed by atoms with Gasteiger partial charge in [-0.3, -0.25) is 14.7 Å². The third kappa shape index (κ3) is 2.77. The van der Waals surface area contributed by atoms with Gasteiger partial charge in [-0.05, 0) is 0 Å². The SMILES string of the molecule is CNc1c(Cn2cc(Cl)cnc2=O)cccc1[N+](=O)[O-]. The molecule has 1 aromatic heterocycles. The molecule has 0 spiro atoms. The number of aromatic nitrogens is 2. The zero-order chi connectivity index (χ0) is 14.7. The van der Waals surface area contributed by atoms with E-state index in [1.807, 2.05) is 0 Å². The summed E-state index contributed by atoms with van der Waals surface area (Å²) in [4.78, 5) is 25.7. The number of nitrogens with one attached hydrogen (secondary N) is 1. The number of nitro benzene ring substituents is 1. The van der Waals surface area contributed by atoms with Crippen LogP contribution in [-0.2, 0) is 6.54 Å². The van der Waals surface area contributed by atoms with E-state index in [9.17, 15) is 14.9 Å². The van der Waals surface area contributed by atoms with Crippen molar-refractivity contribution < 1.29 is 4.92 Å². The van der Waals surface area contributed by atoms with Crippen molar-refractivity contribution in [1.29, 1.82) is 0 Å². The van der Waals surface area contributed by atoms with Crippen molar-refractivity contribution in [3.05, 3.63) is 61.8 Å². The Labute approximate surface area is 119 Å². The predicted octanol–water partition coefficient (Wildman–Crippen LogP) is 1.89. The fraction of sp³-hybridized carbons (Fsp3) is 0.167. The minimum atomic E-state index is -0.478. The number of anilines is 1. The summed E-state index contributed by atoms with van der Waals surface area (Å²) in [5, 5.41) is 14.1. The Morgan fingerprint density at radius 2 is 2.25 bits per heavy atom. The smallest absolute Gasteiger partial charge is 0.347 e. The third-order valence-electron chi connectivity index (χ3n) is 2.74. The third-order valence-corrected chi connectivity index (χ3v) is 2.93. The van der Waals surface area contributed by atoms with Crippen molar-refractivity contribution >= 4 is 23.0 Å². The van der Waals surface area contributed by atoms with Crippen LogP contribution in [0.4, 0.5) is 11.4 Å². The van der Waals surface area contributed by atoms with Gasteiger partial charge in [-0.1, -0.05) is 23.7 Å². The Morgan fingerprint density at radius 1 is 1.50 bits per heavy atom. The highest BCUT2D eigenvalue weighted by Gasteiger charge is 2.16. The Morgan fingerprint density at radius 3 is 2.90 bits per heavy atom. The molecule has 20 heavy (non-hydrogen) atoms. The van der Waals surface area contributed by atoms with Crippen LogP contribution in [0.1, 0.15) is 5.56 Å². The molecule has 2 rings (SSSR count). The van der Waals surface area contributed by atoms with E-state index in [-0.39, 0.29) is 12.2 Å². The number of benzene rings is 1. The molecule has 0 unspecified atom stereocenters. The topological polar surface area (TPSA) is 90.1 Å². The van der Waals surface area contributed by atoms with Crippen molar-refractivity contribution in [2.75, 3.05) is 12.4 Å². The second-order valence-corrected chi connectivity index (χ2v) is 4.44. The Hall–Kier alpha value is -2.41. The van der Waals surface area contributed by atoms with E-state index in [4.69, 9.17) is 11.6 Å². The van der Waals surface area contributed by atoms with Gasteiger partial charge in [0.25, 0.3) is 5.69 Å². The molecular formula is C12H11ClN4O3. The molecule has 1 heterocycles. The number of nitro groups is 1. The first-order valence-corrected chi connectivity index (χ1v) is 6.06. The first-order valence-electron chi connectivity index (χ1n) is 5.69. The Kier molecular flexibility index (Phi) is 3.99. The summed E-state index contributed by atoms with van der Waals surface area (Å²) in [5.74, 6) is 0. The van der Waals surface area contributed by atoms with Gasteiger partial charge in [0.2, 0.25) is 0 Å². The minimum Gasteiger partial charge on any atom is -0.382 e. The van der Waals surface area contributed by atoms with Gasteiger partial charge >= 0.3 is 5.69 Å². The summed E-state index contributed by atoms with van der Waals surface area (Å²) in [6, 6.07) is 4.66. The van der Waals surface area contributed by atoms with Crippen molar-refractivity contribution in [2.24, 2.45) is 0 Å². The van der Waals surface area contributed by atoms with E-state index in [1.165, 1.54) is 23.0 Å². The van der Waals surface area contributed by atoms with Gasteiger partial charge in [0.1, 0.15) is 5.69 Å². The summed E-state index contributed by atoms with van der Waals surface area (Å²) in [6.45, 7) is 0.143. The summed E-state index contributed by atoms with van der Waals surface area (Å²) >= 11 is 5.79. The van der Waals surface area contributed by atoms with Crippen LogP contribution < -0.4 is 11.0 Å². The van der Waals surface area contributed by atoms with Crippen LogP contribution in [0.5, 0.6) is 0 Å². The van der Waals surface area contributed by atoms with Crippen LogP contribution >= 0.6 is 11.6 Å². The molecule has 7 nitrogen and oxygen atoms in total. The van der Waals surface area contributed by atoms with Gasteiger partial charge in [-0.2, -0.15) is 0 Å². The highest BCUT2D eigenvalue weighted by atomic mass is 35.5. The molecule has 1 N–H and O–H groups in total. The summed E-state index contributed by atoms with van der Waals surface area (Å²) in [5.41, 5.74) is 0.452. The minimum absolute atomic E-state index is 0.0481. The van der Waals surface area contributed by atoms with Gasteiger partial charge in [0, 0.05) is 24.9 Å². The largest absolute Gasteiger partial charge is 0.382 e. The van der Waals surface area contributed by atoms with E-state index in [0.717, 1.165) is 0 Å². The van der Waals surface area contributed by atoms with Gasteiger partial charge in [-0.25, -0.2) is 9.78 Å². The first kappa shape index (κ1) is 14.0. The van der Waals surface area contributed by atoms with Crippen LogP contribution in [0.25, 0.3) is 0 Å². The van der Waals surface area contributed by atoms with Gasteiger partial charge in [0.15, 0.2) is 0 Å². The van der Waals surface area contributed by atoms with E-state index in [2.05, 4.69) is 10.3 Å². The van der Waals surface area contributed by atoms with Crippen molar-refractivity contribution in [2.45, 2.75) is 6.54 Å². The molecule has 0 saturated carbocycles. The van der Waals surface area contributed by atoms with E-state index < -0.39 is 10.6 Å². The molecule has 0 aliphatic heterocycles. The number of halogens is 1. The quantitative estimate of drug-likeness (QED) is 0.687. The maximum Gasteiger partial charge on any atom is 0.347 e. The molecule has 1 aromatic carbocycles. The molecule has 8 heteroatoms. The van der Waals surface area contributed by atoms with Crippen LogP contribution in [-0.4, -0.2) is 21.5 Å². The van der Waals surface area contributed by atoms with E-state index in [0.29, 0.717) is 16.3 Å². The highest BCUT2D eigenvalue weighted by Crippen LogP contribution is 2.28. The second-order valence-electron chi connectivity index (χ2n) is 4.00. The normalized spacial score (nSPS) is 10.3. The molecule has 0 aliphatic rings. The molecule has 0 aliphatic carbocycles. The predicted molar refractivity (Wildman–Crippen MR) is 75.3 cm³/mol. The maximum atomic E-state index is 11.6. The maximum absolute atomic E-state index is 11.6. The molecular weight excluding hydrogens is 284 g/mol. The molecule has 2 aromatic rings. The van der Waals surface area contributed by atoms with Gasteiger partial charge in [-0.15, -0.1) is 0 Å². The molecule has 0 saturated heterocycles. The van der Waals surface area contributed by atoms with Crippen molar-refractivity contribution in [3.63, 3.8) is 0 Å². The fourth-order valence-electron chi connectivity index (χ4n) is 1.88. The summed E-state index contributed by atoms with van der Waals surface area (Å²) < 4.78 is 1.29. The van der Waals surface area contributed by atoms with Crippen molar-refractivity contribution in [1.82, 2.24) is 9.55 Å². The Bertz CT molecular complexity index is 714. The highest BCUT2D eigenvalue weighted by molar-refractivity contribution is 6.30. The monoisotopic (exact) mass is 294 g/mol. The van der Waals surface area contributed by atoms with E-state index >= 15 is 0 Å². The number of hydrogen-bond donors (Lipinski definition) is 1. The number of rotatable bonds is 4. The van der Waals surface area contributed by atoms with Crippen LogP contribution in [0.2, 0.25) is 5.02 Å². The molecule has 0 amide bonds. The van der Waals surface area contributed by atoms with Crippen LogP contribution in [0.15, 0.2) is 35.4 Å². The lowest BCUT2D eigenvalue weighted by molar-refractivity contribution is -0.384. The first-order chi connectivity index (χ1) is 9.52. The summed E-state index contributed by atoms with van der Waals surface area (Å²) in [6.07, 6.45) is 2.70. The standard InChI is InChI=1S/C12H11ClN4O3/c1-14-11-8(3-2-4-10(11)17(19)20)6-16-7-9(13)5-15-12(16)18/h2-5,7,14H,6H2,1H3. The van der Waals surface area contributed by atoms with Crippen LogP contribution in [0.3, 0.4) is 0 Å². The zero-order valence-electron chi connectivity index (χ0n) is 10.5. The number of para-hydroxylation sites is 1. The fourth-order valence-corrected chi connectivity index (χ4v) is 2.05.